The maximum atomic E-state index is 12.8. The zero-order chi connectivity index (χ0) is 19.0. The maximum Gasteiger partial charge on any atom is 0.251 e. The molecule has 1 aliphatic rings. The Labute approximate surface area is 165 Å². The summed E-state index contributed by atoms with van der Waals surface area (Å²) in [5.74, 6) is -1.21. The zero-order valence-electron chi connectivity index (χ0n) is 14.4. The van der Waals surface area contributed by atoms with Gasteiger partial charge in [0, 0.05) is 16.0 Å². The number of fused-ring (bicyclic) bond motifs is 3. The minimum absolute atomic E-state index is 0.314. The quantitative estimate of drug-likeness (QED) is 0.672. The summed E-state index contributed by atoms with van der Waals surface area (Å²) in [6.45, 7) is 0. The van der Waals surface area contributed by atoms with Crippen molar-refractivity contribution in [1.29, 1.82) is 0 Å². The topological polar surface area (TPSA) is 72.2 Å². The van der Waals surface area contributed by atoms with E-state index < -0.39 is 11.9 Å². The Morgan fingerprint density at radius 2 is 1.48 bits per heavy atom. The molecule has 3 aromatic carbocycles. The van der Waals surface area contributed by atoms with Gasteiger partial charge in [-0.05, 0) is 40.5 Å². The van der Waals surface area contributed by atoms with Gasteiger partial charge >= 0.3 is 0 Å². The SMILES string of the molecule is NC(=O)[C@H](NC(=O)c1cccc(Br)c1)C1c2ccccc2-c2ccccc21. The molecule has 5 heteroatoms. The molecule has 0 fully saturated rings. The molecule has 3 aromatic rings. The Morgan fingerprint density at radius 3 is 2.04 bits per heavy atom. The van der Waals surface area contributed by atoms with Crippen molar-refractivity contribution in [2.24, 2.45) is 5.73 Å². The molecule has 0 bridgehead atoms. The predicted octanol–water partition coefficient (Wildman–Crippen LogP) is 3.85. The summed E-state index contributed by atoms with van der Waals surface area (Å²) < 4.78 is 0.794. The van der Waals surface area contributed by atoms with Crippen molar-refractivity contribution < 1.29 is 9.59 Å². The molecular formula is C22H17BrN2O2. The van der Waals surface area contributed by atoms with Gasteiger partial charge in [0.15, 0.2) is 0 Å². The molecule has 1 aliphatic carbocycles. The van der Waals surface area contributed by atoms with Crippen molar-refractivity contribution in [3.63, 3.8) is 0 Å². The summed E-state index contributed by atoms with van der Waals surface area (Å²) in [6, 6.07) is 22.0. The Morgan fingerprint density at radius 1 is 0.889 bits per heavy atom. The van der Waals surface area contributed by atoms with Crippen LogP contribution in [0.3, 0.4) is 0 Å². The minimum Gasteiger partial charge on any atom is -0.368 e. The van der Waals surface area contributed by atoms with Gasteiger partial charge in [0.05, 0.1) is 0 Å². The third kappa shape index (κ3) is 3.15. The summed E-state index contributed by atoms with van der Waals surface area (Å²) >= 11 is 3.36. The molecule has 0 spiro atoms. The lowest BCUT2D eigenvalue weighted by atomic mass is 9.88. The van der Waals surface area contributed by atoms with Crippen molar-refractivity contribution >= 4 is 27.7 Å². The summed E-state index contributed by atoms with van der Waals surface area (Å²) in [4.78, 5) is 25.1. The number of hydrogen-bond acceptors (Lipinski definition) is 2. The molecule has 4 nitrogen and oxygen atoms in total. The summed E-state index contributed by atoms with van der Waals surface area (Å²) in [7, 11) is 0. The van der Waals surface area contributed by atoms with E-state index in [1.807, 2.05) is 54.6 Å². The molecule has 0 unspecified atom stereocenters. The van der Waals surface area contributed by atoms with Crippen LogP contribution in [0, 0.1) is 0 Å². The third-order valence-corrected chi connectivity index (χ3v) is 5.39. The highest BCUT2D eigenvalue weighted by Crippen LogP contribution is 2.46. The van der Waals surface area contributed by atoms with Gasteiger partial charge in [-0.25, -0.2) is 0 Å². The van der Waals surface area contributed by atoms with Crippen LogP contribution in [-0.4, -0.2) is 17.9 Å². The van der Waals surface area contributed by atoms with Crippen LogP contribution in [0.5, 0.6) is 0 Å². The zero-order valence-corrected chi connectivity index (χ0v) is 15.9. The van der Waals surface area contributed by atoms with Gasteiger partial charge in [-0.2, -0.15) is 0 Å². The van der Waals surface area contributed by atoms with Gasteiger partial charge in [0.1, 0.15) is 6.04 Å². The van der Waals surface area contributed by atoms with Crippen LogP contribution in [0.4, 0.5) is 0 Å². The van der Waals surface area contributed by atoms with Crippen molar-refractivity contribution in [2.45, 2.75) is 12.0 Å². The minimum atomic E-state index is -0.846. The molecule has 0 aliphatic heterocycles. The second kappa shape index (κ2) is 7.00. The highest BCUT2D eigenvalue weighted by molar-refractivity contribution is 9.10. The Hall–Kier alpha value is -2.92. The van der Waals surface area contributed by atoms with Crippen LogP contribution in [0.2, 0.25) is 0 Å². The van der Waals surface area contributed by atoms with Crippen LogP contribution in [-0.2, 0) is 4.79 Å². The number of nitrogens with two attached hydrogens (primary N) is 1. The molecule has 0 radical (unpaired) electrons. The van der Waals surface area contributed by atoms with E-state index in [0.29, 0.717) is 5.56 Å². The fourth-order valence-corrected chi connectivity index (χ4v) is 4.13. The number of carbonyl (C=O) groups is 2. The molecule has 4 rings (SSSR count). The first-order chi connectivity index (χ1) is 13.1. The molecular weight excluding hydrogens is 404 g/mol. The number of nitrogens with one attached hydrogen (secondary N) is 1. The fraction of sp³-hybridized carbons (Fsp3) is 0.0909. The Bertz CT molecular complexity index is 1000. The van der Waals surface area contributed by atoms with Gasteiger partial charge in [-0.15, -0.1) is 0 Å². The van der Waals surface area contributed by atoms with Gasteiger partial charge in [-0.3, -0.25) is 9.59 Å². The first kappa shape index (κ1) is 17.5. The summed E-state index contributed by atoms with van der Waals surface area (Å²) in [5.41, 5.74) is 10.3. The van der Waals surface area contributed by atoms with E-state index in [1.54, 1.807) is 18.2 Å². The van der Waals surface area contributed by atoms with E-state index in [9.17, 15) is 9.59 Å². The molecule has 0 saturated carbocycles. The summed E-state index contributed by atoms with van der Waals surface area (Å²) in [6.07, 6.45) is 0. The van der Waals surface area contributed by atoms with E-state index >= 15 is 0 Å². The molecule has 1 atom stereocenters. The predicted molar refractivity (Wildman–Crippen MR) is 108 cm³/mol. The Kier molecular flexibility index (Phi) is 4.54. The van der Waals surface area contributed by atoms with E-state index in [0.717, 1.165) is 26.7 Å². The molecule has 0 saturated heterocycles. The van der Waals surface area contributed by atoms with Crippen molar-refractivity contribution in [3.8, 4) is 11.1 Å². The molecule has 27 heavy (non-hydrogen) atoms. The number of primary amides is 1. The molecule has 2 amide bonds. The summed E-state index contributed by atoms with van der Waals surface area (Å²) in [5, 5.41) is 2.85. The van der Waals surface area contributed by atoms with Crippen LogP contribution < -0.4 is 11.1 Å². The standard InChI is InChI=1S/C22H17BrN2O2/c23-14-7-5-6-13(12-14)22(27)25-20(21(24)26)19-17-10-3-1-8-15(17)16-9-2-4-11-18(16)19/h1-12,19-20H,(H2,24,26)(H,25,27)/t20-/m1/s1. The van der Waals surface area contributed by atoms with Gasteiger partial charge in [0.25, 0.3) is 5.91 Å². The lowest BCUT2D eigenvalue weighted by Crippen LogP contribution is -2.48. The van der Waals surface area contributed by atoms with E-state index in [-0.39, 0.29) is 11.8 Å². The molecule has 0 heterocycles. The first-order valence-corrected chi connectivity index (χ1v) is 9.39. The smallest absolute Gasteiger partial charge is 0.251 e. The van der Waals surface area contributed by atoms with E-state index in [1.165, 1.54) is 0 Å². The monoisotopic (exact) mass is 420 g/mol. The lowest BCUT2D eigenvalue weighted by Gasteiger charge is -2.24. The normalized spacial score (nSPS) is 13.5. The number of carbonyl (C=O) groups excluding carboxylic acids is 2. The largest absolute Gasteiger partial charge is 0.368 e. The molecule has 3 N–H and O–H groups in total. The molecule has 0 aromatic heterocycles. The highest BCUT2D eigenvalue weighted by atomic mass is 79.9. The number of benzene rings is 3. The maximum absolute atomic E-state index is 12.8. The average Bonchev–Trinajstić information content (AvgIpc) is 3.00. The van der Waals surface area contributed by atoms with Gasteiger partial charge < -0.3 is 11.1 Å². The van der Waals surface area contributed by atoms with E-state index in [2.05, 4.69) is 21.2 Å². The van der Waals surface area contributed by atoms with Crippen LogP contribution in [0.25, 0.3) is 11.1 Å². The average molecular weight is 421 g/mol. The number of rotatable bonds is 4. The van der Waals surface area contributed by atoms with Gasteiger partial charge in [-0.1, -0.05) is 70.5 Å². The molecule has 134 valence electrons. The number of amides is 2. The Balaban J connectivity index is 1.75. The van der Waals surface area contributed by atoms with E-state index in [4.69, 9.17) is 5.73 Å². The number of halogens is 1. The fourth-order valence-electron chi connectivity index (χ4n) is 3.73. The second-order valence-corrected chi connectivity index (χ2v) is 7.43. The van der Waals surface area contributed by atoms with Crippen molar-refractivity contribution in [2.75, 3.05) is 0 Å². The number of hydrogen-bond donors (Lipinski definition) is 2. The van der Waals surface area contributed by atoms with Crippen LogP contribution in [0.15, 0.2) is 77.3 Å². The third-order valence-electron chi connectivity index (χ3n) is 4.90. The van der Waals surface area contributed by atoms with Crippen molar-refractivity contribution in [3.05, 3.63) is 94.0 Å². The van der Waals surface area contributed by atoms with Gasteiger partial charge in [0.2, 0.25) is 5.91 Å². The lowest BCUT2D eigenvalue weighted by molar-refractivity contribution is -0.120. The second-order valence-electron chi connectivity index (χ2n) is 6.52. The van der Waals surface area contributed by atoms with Crippen LogP contribution in [0.1, 0.15) is 27.4 Å². The highest BCUT2D eigenvalue weighted by Gasteiger charge is 2.37. The van der Waals surface area contributed by atoms with Crippen molar-refractivity contribution in [1.82, 2.24) is 5.32 Å². The van der Waals surface area contributed by atoms with Crippen LogP contribution >= 0.6 is 15.9 Å². The first-order valence-electron chi connectivity index (χ1n) is 8.60.